The Bertz CT molecular complexity index is 833. The average molecular weight is 411 g/mol. The number of hydrogen-bond donors (Lipinski definition) is 2. The molecule has 0 amide bonds. The van der Waals surface area contributed by atoms with Crippen LogP contribution in [-0.2, 0) is 4.74 Å². The average Bonchev–Trinajstić information content (AvgIpc) is 3.10. The van der Waals surface area contributed by atoms with Gasteiger partial charge in [0.05, 0.1) is 18.3 Å². The highest BCUT2D eigenvalue weighted by molar-refractivity contribution is 5.89. The molecule has 0 heterocycles. The maximum absolute atomic E-state index is 12.7. The van der Waals surface area contributed by atoms with E-state index in [1.165, 1.54) is 5.57 Å². The number of hydrogen-bond acceptors (Lipinski definition) is 4. The lowest BCUT2D eigenvalue weighted by atomic mass is 9.47. The molecule has 3 saturated carbocycles. The van der Waals surface area contributed by atoms with Crippen molar-refractivity contribution in [3.05, 3.63) is 47.5 Å². The van der Waals surface area contributed by atoms with Crippen molar-refractivity contribution in [2.24, 2.45) is 28.6 Å². The van der Waals surface area contributed by atoms with E-state index >= 15 is 0 Å². The molecule has 4 heteroatoms. The summed E-state index contributed by atoms with van der Waals surface area (Å²) in [6.45, 7) is 2.53. The van der Waals surface area contributed by atoms with Crippen LogP contribution in [0, 0.1) is 28.6 Å². The fourth-order valence-corrected chi connectivity index (χ4v) is 7.65. The first-order valence-electron chi connectivity index (χ1n) is 11.7. The van der Waals surface area contributed by atoms with Gasteiger partial charge in [-0.2, -0.15) is 0 Å². The number of carbonyl (C=O) groups excluding carboxylic acids is 1. The van der Waals surface area contributed by atoms with Crippen LogP contribution in [0.3, 0.4) is 0 Å². The van der Waals surface area contributed by atoms with Crippen LogP contribution < -0.4 is 0 Å². The lowest BCUT2D eigenvalue weighted by Gasteiger charge is -2.58. The van der Waals surface area contributed by atoms with Gasteiger partial charge in [-0.05, 0) is 81.3 Å². The minimum absolute atomic E-state index is 0.0157. The van der Waals surface area contributed by atoms with E-state index in [2.05, 4.69) is 13.0 Å². The Morgan fingerprint density at radius 2 is 1.90 bits per heavy atom. The molecule has 0 unspecified atom stereocenters. The number of carbonyl (C=O) groups is 1. The molecule has 4 aliphatic rings. The minimum Gasteiger partial charge on any atom is -0.458 e. The molecule has 1 aromatic carbocycles. The SMILES string of the molecule is C[C@]12CC[C@@H]3[C@H](CC=C4C[C@@H](O)CC[C@@]43CO)[C@@H]1CC[C@@H]2OC(=O)c1ccccc1. The van der Waals surface area contributed by atoms with Gasteiger partial charge >= 0.3 is 5.97 Å². The van der Waals surface area contributed by atoms with Gasteiger partial charge in [0.2, 0.25) is 0 Å². The van der Waals surface area contributed by atoms with Crippen molar-refractivity contribution in [3.63, 3.8) is 0 Å². The molecule has 4 aliphatic carbocycles. The molecule has 4 nitrogen and oxygen atoms in total. The van der Waals surface area contributed by atoms with Gasteiger partial charge in [-0.15, -0.1) is 0 Å². The molecule has 0 saturated heterocycles. The Morgan fingerprint density at radius 1 is 1.10 bits per heavy atom. The Labute approximate surface area is 179 Å². The van der Waals surface area contributed by atoms with Gasteiger partial charge < -0.3 is 14.9 Å². The predicted molar refractivity (Wildman–Crippen MR) is 115 cm³/mol. The molecule has 5 rings (SSSR count). The smallest absolute Gasteiger partial charge is 0.338 e. The highest BCUT2D eigenvalue weighted by atomic mass is 16.5. The zero-order chi connectivity index (χ0) is 20.9. The topological polar surface area (TPSA) is 66.8 Å². The van der Waals surface area contributed by atoms with Crippen LogP contribution in [0.25, 0.3) is 0 Å². The highest BCUT2D eigenvalue weighted by Crippen LogP contribution is 2.65. The molecule has 30 heavy (non-hydrogen) atoms. The van der Waals surface area contributed by atoms with Crippen LogP contribution >= 0.6 is 0 Å². The lowest BCUT2D eigenvalue weighted by molar-refractivity contribution is -0.0927. The second kappa shape index (κ2) is 7.49. The second-order valence-electron chi connectivity index (χ2n) is 10.4. The third kappa shape index (κ3) is 2.98. The van der Waals surface area contributed by atoms with E-state index in [1.54, 1.807) is 0 Å². The van der Waals surface area contributed by atoms with E-state index in [4.69, 9.17) is 4.74 Å². The fraction of sp³-hybridized carbons (Fsp3) is 0.654. The number of ether oxygens (including phenoxy) is 1. The van der Waals surface area contributed by atoms with Crippen LogP contribution in [0.15, 0.2) is 42.0 Å². The maximum Gasteiger partial charge on any atom is 0.338 e. The Kier molecular flexibility index (Phi) is 5.06. The molecule has 0 aliphatic heterocycles. The van der Waals surface area contributed by atoms with E-state index in [0.717, 1.165) is 51.4 Å². The summed E-state index contributed by atoms with van der Waals surface area (Å²) in [5.41, 5.74) is 1.81. The first kappa shape index (κ1) is 20.3. The van der Waals surface area contributed by atoms with Gasteiger partial charge in [0, 0.05) is 10.8 Å². The second-order valence-corrected chi connectivity index (χ2v) is 10.4. The molecule has 7 atom stereocenters. The van der Waals surface area contributed by atoms with E-state index < -0.39 is 0 Å². The molecule has 2 N–H and O–H groups in total. The summed E-state index contributed by atoms with van der Waals surface area (Å²) in [5, 5.41) is 20.7. The summed E-state index contributed by atoms with van der Waals surface area (Å²) in [4.78, 5) is 12.7. The van der Waals surface area contributed by atoms with Crippen molar-refractivity contribution in [2.75, 3.05) is 6.61 Å². The first-order valence-corrected chi connectivity index (χ1v) is 11.7. The number of esters is 1. The Morgan fingerprint density at radius 3 is 2.67 bits per heavy atom. The maximum atomic E-state index is 12.7. The minimum atomic E-state index is -0.255. The highest BCUT2D eigenvalue weighted by Gasteiger charge is 2.60. The summed E-state index contributed by atoms with van der Waals surface area (Å²) >= 11 is 0. The van der Waals surface area contributed by atoms with Crippen molar-refractivity contribution in [3.8, 4) is 0 Å². The standard InChI is InChI=1S/C26H34O4/c1-25-13-12-22-20(8-7-18-15-19(28)11-14-26(18,22)16-27)21(25)9-10-23(25)30-24(29)17-5-3-2-4-6-17/h2-7,19-23,27-28H,8-16H2,1H3/t19-,20+,21-,22+,23-,25-,26+/m0/s1. The monoisotopic (exact) mass is 410 g/mol. The largest absolute Gasteiger partial charge is 0.458 e. The molecule has 0 aromatic heterocycles. The summed E-state index contributed by atoms with van der Waals surface area (Å²) < 4.78 is 6.08. The molecule has 3 fully saturated rings. The third-order valence-corrected chi connectivity index (χ3v) is 9.26. The lowest BCUT2D eigenvalue weighted by Crippen LogP contribution is -2.53. The van der Waals surface area contributed by atoms with Crippen LogP contribution in [0.2, 0.25) is 0 Å². The van der Waals surface area contributed by atoms with Crippen LogP contribution in [0.1, 0.15) is 68.6 Å². The van der Waals surface area contributed by atoms with Gasteiger partial charge in [-0.3, -0.25) is 0 Å². The van der Waals surface area contributed by atoms with Crippen molar-refractivity contribution >= 4 is 5.97 Å². The zero-order valence-electron chi connectivity index (χ0n) is 17.9. The van der Waals surface area contributed by atoms with Gasteiger partial charge in [0.1, 0.15) is 6.10 Å². The van der Waals surface area contributed by atoms with Crippen molar-refractivity contribution in [2.45, 2.75) is 70.5 Å². The molecule has 162 valence electrons. The molecule has 0 bridgehead atoms. The van der Waals surface area contributed by atoms with Crippen LogP contribution in [0.5, 0.6) is 0 Å². The van der Waals surface area contributed by atoms with Crippen LogP contribution in [0.4, 0.5) is 0 Å². The summed E-state index contributed by atoms with van der Waals surface area (Å²) in [7, 11) is 0. The number of rotatable bonds is 3. The van der Waals surface area contributed by atoms with Crippen LogP contribution in [-0.4, -0.2) is 35.0 Å². The molecule has 0 spiro atoms. The first-order chi connectivity index (χ1) is 14.5. The normalized spacial score (nSPS) is 42.5. The fourth-order valence-electron chi connectivity index (χ4n) is 7.65. The van der Waals surface area contributed by atoms with Gasteiger partial charge in [-0.25, -0.2) is 4.79 Å². The van der Waals surface area contributed by atoms with E-state index in [0.29, 0.717) is 23.3 Å². The number of benzene rings is 1. The molecular weight excluding hydrogens is 376 g/mol. The number of aliphatic hydroxyl groups is 2. The van der Waals surface area contributed by atoms with Crippen molar-refractivity contribution in [1.29, 1.82) is 0 Å². The molecule has 1 aromatic rings. The summed E-state index contributed by atoms with van der Waals surface area (Å²) in [5.74, 6) is 1.34. The van der Waals surface area contributed by atoms with Gasteiger partial charge in [-0.1, -0.05) is 36.8 Å². The number of aliphatic hydroxyl groups excluding tert-OH is 2. The van der Waals surface area contributed by atoms with Gasteiger partial charge in [0.15, 0.2) is 0 Å². The quantitative estimate of drug-likeness (QED) is 0.568. The number of fused-ring (bicyclic) bond motifs is 5. The van der Waals surface area contributed by atoms with E-state index in [9.17, 15) is 15.0 Å². The number of allylic oxidation sites excluding steroid dienone is 1. The zero-order valence-corrected chi connectivity index (χ0v) is 17.9. The van der Waals surface area contributed by atoms with Crippen molar-refractivity contribution < 1.29 is 19.7 Å². The Balaban J connectivity index is 1.38. The van der Waals surface area contributed by atoms with E-state index in [1.807, 2.05) is 30.3 Å². The predicted octanol–water partition coefficient (Wildman–Crippen LogP) is 4.51. The summed E-state index contributed by atoms with van der Waals surface area (Å²) in [6.07, 6.45) is 9.66. The van der Waals surface area contributed by atoms with Gasteiger partial charge in [0.25, 0.3) is 0 Å². The Hall–Kier alpha value is -1.65. The molecular formula is C26H34O4. The third-order valence-electron chi connectivity index (χ3n) is 9.26. The molecule has 0 radical (unpaired) electrons. The summed E-state index contributed by atoms with van der Waals surface area (Å²) in [6, 6.07) is 9.32. The van der Waals surface area contributed by atoms with Crippen molar-refractivity contribution in [1.82, 2.24) is 0 Å². The van der Waals surface area contributed by atoms with E-state index in [-0.39, 0.29) is 35.6 Å².